The average molecular weight is 249 g/mol. The van der Waals surface area contributed by atoms with Crippen molar-refractivity contribution in [2.45, 2.75) is 52.1 Å². The van der Waals surface area contributed by atoms with Gasteiger partial charge < -0.3 is 4.74 Å². The Morgan fingerprint density at radius 1 is 1.25 bits per heavy atom. The van der Waals surface area contributed by atoms with Crippen LogP contribution in [0.3, 0.4) is 0 Å². The van der Waals surface area contributed by atoms with Gasteiger partial charge in [-0.15, -0.1) is 0 Å². The molecule has 1 rings (SSSR count). The van der Waals surface area contributed by atoms with Crippen molar-refractivity contribution in [3.63, 3.8) is 0 Å². The molecule has 0 radical (unpaired) electrons. The molecule has 0 aromatic carbocycles. The first kappa shape index (κ1) is 13.9. The maximum atomic E-state index is 11.2. The Morgan fingerprint density at radius 3 is 2.12 bits per heavy atom. The van der Waals surface area contributed by atoms with Crippen LogP contribution in [0.5, 0.6) is 0 Å². The van der Waals surface area contributed by atoms with Crippen molar-refractivity contribution in [3.05, 3.63) is 0 Å². The van der Waals surface area contributed by atoms with Crippen molar-refractivity contribution >= 4 is 10.0 Å². The Hall–Kier alpha value is -0.130. The van der Waals surface area contributed by atoms with Gasteiger partial charge in [0.2, 0.25) is 10.0 Å². The van der Waals surface area contributed by atoms with E-state index in [0.717, 1.165) is 25.7 Å². The fourth-order valence-corrected chi connectivity index (χ4v) is 3.48. The summed E-state index contributed by atoms with van der Waals surface area (Å²) in [7, 11) is -3.41. The van der Waals surface area contributed by atoms with Crippen molar-refractivity contribution < 1.29 is 13.2 Å². The predicted molar refractivity (Wildman–Crippen MR) is 64.6 cm³/mol. The maximum Gasteiger partial charge on any atom is 0.209 e. The summed E-state index contributed by atoms with van der Waals surface area (Å²) in [6.45, 7) is 6.43. The van der Waals surface area contributed by atoms with Gasteiger partial charge >= 0.3 is 0 Å². The molecule has 0 unspecified atom stereocenters. The Balaban J connectivity index is 2.66. The Bertz CT molecular complexity index is 324. The molecule has 96 valence electrons. The minimum absolute atomic E-state index is 0.0517. The van der Waals surface area contributed by atoms with Crippen molar-refractivity contribution in [1.29, 1.82) is 0 Å². The average Bonchev–Trinajstić information content (AvgIpc) is 2.46. The van der Waals surface area contributed by atoms with E-state index in [-0.39, 0.29) is 16.8 Å². The van der Waals surface area contributed by atoms with E-state index >= 15 is 0 Å². The highest BCUT2D eigenvalue weighted by molar-refractivity contribution is 7.89. The Labute approximate surface area is 98.6 Å². The molecule has 1 saturated carbocycles. The molecule has 16 heavy (non-hydrogen) atoms. The van der Waals surface area contributed by atoms with Crippen LogP contribution in [0.1, 0.15) is 46.5 Å². The lowest BCUT2D eigenvalue weighted by Gasteiger charge is -2.31. The molecule has 0 aliphatic heterocycles. The Kier molecular flexibility index (Phi) is 4.03. The molecule has 5 heteroatoms. The van der Waals surface area contributed by atoms with E-state index in [2.05, 4.69) is 0 Å². The molecule has 0 amide bonds. The molecule has 0 aromatic rings. The Morgan fingerprint density at radius 2 is 1.75 bits per heavy atom. The van der Waals surface area contributed by atoms with Crippen LogP contribution in [0.15, 0.2) is 0 Å². The third kappa shape index (κ3) is 4.80. The molecule has 4 nitrogen and oxygen atoms in total. The number of sulfonamides is 1. The van der Waals surface area contributed by atoms with Crippen LogP contribution in [0.25, 0.3) is 0 Å². The molecule has 0 spiro atoms. The van der Waals surface area contributed by atoms with Crippen molar-refractivity contribution in [2.75, 3.05) is 12.4 Å². The van der Waals surface area contributed by atoms with Gasteiger partial charge in [0.15, 0.2) is 0 Å². The van der Waals surface area contributed by atoms with E-state index in [0.29, 0.717) is 6.61 Å². The number of primary sulfonamides is 1. The summed E-state index contributed by atoms with van der Waals surface area (Å²) in [4.78, 5) is 0. The summed E-state index contributed by atoms with van der Waals surface area (Å²) in [5.41, 5.74) is -0.477. The van der Waals surface area contributed by atoms with E-state index in [1.54, 1.807) is 0 Å². The number of ether oxygens (including phenoxy) is 1. The topological polar surface area (TPSA) is 69.4 Å². The second-order valence-corrected chi connectivity index (χ2v) is 7.53. The lowest BCUT2D eigenvalue weighted by atomic mass is 9.89. The normalized spacial score (nSPS) is 21.2. The van der Waals surface area contributed by atoms with Gasteiger partial charge in [0.1, 0.15) is 0 Å². The number of rotatable bonds is 4. The third-order valence-electron chi connectivity index (χ3n) is 2.98. The van der Waals surface area contributed by atoms with Gasteiger partial charge in [-0.05, 0) is 33.6 Å². The SMILES string of the molecule is CC(C)(C)OCC1(CS(N)(=O)=O)CCCC1. The van der Waals surface area contributed by atoms with E-state index in [1.807, 2.05) is 20.8 Å². The van der Waals surface area contributed by atoms with Gasteiger partial charge in [-0.25, -0.2) is 13.6 Å². The molecule has 0 saturated heterocycles. The van der Waals surface area contributed by atoms with E-state index in [9.17, 15) is 8.42 Å². The van der Waals surface area contributed by atoms with Crippen molar-refractivity contribution in [1.82, 2.24) is 0 Å². The van der Waals surface area contributed by atoms with Crippen LogP contribution in [-0.2, 0) is 14.8 Å². The van der Waals surface area contributed by atoms with Gasteiger partial charge in [-0.1, -0.05) is 12.8 Å². The van der Waals surface area contributed by atoms with Crippen LogP contribution in [0, 0.1) is 5.41 Å². The summed E-state index contributed by atoms with van der Waals surface area (Å²) in [5, 5.41) is 5.16. The highest BCUT2D eigenvalue weighted by Gasteiger charge is 2.38. The van der Waals surface area contributed by atoms with Gasteiger partial charge in [0.25, 0.3) is 0 Å². The smallest absolute Gasteiger partial charge is 0.209 e. The second-order valence-electron chi connectivity index (χ2n) is 5.92. The minimum Gasteiger partial charge on any atom is -0.375 e. The standard InChI is InChI=1S/C11H23NO3S/c1-10(2,3)15-8-11(6-4-5-7-11)9-16(12,13)14/h4-9H2,1-3H3,(H2,12,13,14). The summed E-state index contributed by atoms with van der Waals surface area (Å²) < 4.78 is 28.2. The van der Waals surface area contributed by atoms with Crippen LogP contribution in [0.2, 0.25) is 0 Å². The quantitative estimate of drug-likeness (QED) is 0.823. The van der Waals surface area contributed by atoms with Crippen LogP contribution in [-0.4, -0.2) is 26.4 Å². The van der Waals surface area contributed by atoms with Crippen LogP contribution >= 0.6 is 0 Å². The molecular weight excluding hydrogens is 226 g/mol. The zero-order valence-corrected chi connectivity index (χ0v) is 11.3. The molecular formula is C11H23NO3S. The predicted octanol–water partition coefficient (Wildman–Crippen LogP) is 1.65. The zero-order chi connectivity index (χ0) is 12.4. The monoisotopic (exact) mass is 249 g/mol. The first-order valence-corrected chi connectivity index (χ1v) is 7.48. The summed E-state index contributed by atoms with van der Waals surface area (Å²) in [5.74, 6) is 0.0517. The molecule has 0 heterocycles. The summed E-state index contributed by atoms with van der Waals surface area (Å²) in [6, 6.07) is 0. The highest BCUT2D eigenvalue weighted by atomic mass is 32.2. The molecule has 1 aliphatic carbocycles. The van der Waals surface area contributed by atoms with E-state index in [1.165, 1.54) is 0 Å². The first-order chi connectivity index (χ1) is 7.12. The van der Waals surface area contributed by atoms with Gasteiger partial charge in [0, 0.05) is 5.41 Å². The molecule has 2 N–H and O–H groups in total. The van der Waals surface area contributed by atoms with Gasteiger partial charge in [-0.3, -0.25) is 0 Å². The third-order valence-corrected chi connectivity index (χ3v) is 4.00. The van der Waals surface area contributed by atoms with Gasteiger partial charge in [0.05, 0.1) is 18.0 Å². The first-order valence-electron chi connectivity index (χ1n) is 5.76. The number of nitrogens with two attached hydrogens (primary N) is 1. The number of hydrogen-bond acceptors (Lipinski definition) is 3. The van der Waals surface area contributed by atoms with Gasteiger partial charge in [-0.2, -0.15) is 0 Å². The lowest BCUT2D eigenvalue weighted by Crippen LogP contribution is -2.38. The minimum atomic E-state index is -3.41. The second kappa shape index (κ2) is 4.63. The summed E-state index contributed by atoms with van der Waals surface area (Å²) in [6.07, 6.45) is 3.95. The van der Waals surface area contributed by atoms with E-state index in [4.69, 9.17) is 9.88 Å². The lowest BCUT2D eigenvalue weighted by molar-refractivity contribution is -0.0448. The largest absolute Gasteiger partial charge is 0.375 e. The molecule has 0 bridgehead atoms. The van der Waals surface area contributed by atoms with E-state index < -0.39 is 10.0 Å². The molecule has 0 aromatic heterocycles. The summed E-state index contributed by atoms with van der Waals surface area (Å²) >= 11 is 0. The highest BCUT2D eigenvalue weighted by Crippen LogP contribution is 2.40. The van der Waals surface area contributed by atoms with Crippen molar-refractivity contribution in [3.8, 4) is 0 Å². The molecule has 1 fully saturated rings. The van der Waals surface area contributed by atoms with Crippen LogP contribution in [0.4, 0.5) is 0 Å². The zero-order valence-electron chi connectivity index (χ0n) is 10.5. The maximum absolute atomic E-state index is 11.2. The fraction of sp³-hybridized carbons (Fsp3) is 1.00. The van der Waals surface area contributed by atoms with Crippen LogP contribution < -0.4 is 5.14 Å². The molecule has 1 aliphatic rings. The van der Waals surface area contributed by atoms with Crippen molar-refractivity contribution in [2.24, 2.45) is 10.6 Å². The molecule has 0 atom stereocenters. The fourth-order valence-electron chi connectivity index (χ4n) is 2.25. The number of hydrogen-bond donors (Lipinski definition) is 1.